The highest BCUT2D eigenvalue weighted by molar-refractivity contribution is 5.80. The first-order valence-electron chi connectivity index (χ1n) is 6.77. The molecule has 0 saturated heterocycles. The van der Waals surface area contributed by atoms with E-state index >= 15 is 0 Å². The van der Waals surface area contributed by atoms with Crippen molar-refractivity contribution in [3.63, 3.8) is 0 Å². The van der Waals surface area contributed by atoms with Gasteiger partial charge in [-0.3, -0.25) is 4.79 Å². The van der Waals surface area contributed by atoms with Crippen molar-refractivity contribution in [1.29, 1.82) is 0 Å². The highest BCUT2D eigenvalue weighted by atomic mass is 16.5. The molecule has 0 aliphatic heterocycles. The third kappa shape index (κ3) is 7.66. The van der Waals surface area contributed by atoms with Gasteiger partial charge in [0.1, 0.15) is 6.54 Å². The molecule has 2 N–H and O–H groups in total. The van der Waals surface area contributed by atoms with Gasteiger partial charge in [-0.25, -0.2) is 4.79 Å². The van der Waals surface area contributed by atoms with Gasteiger partial charge in [-0.2, -0.15) is 0 Å². The summed E-state index contributed by atoms with van der Waals surface area (Å²) in [6, 6.07) is -0.455. The van der Waals surface area contributed by atoms with E-state index in [1.807, 2.05) is 27.7 Å². The Hall–Kier alpha value is -1.30. The van der Waals surface area contributed by atoms with Crippen LogP contribution in [0.5, 0.6) is 0 Å². The number of aliphatic carboxylic acids is 1. The number of ether oxygens (including phenoxy) is 1. The number of rotatable bonds is 9. The van der Waals surface area contributed by atoms with Crippen molar-refractivity contribution in [2.75, 3.05) is 26.3 Å². The van der Waals surface area contributed by atoms with Gasteiger partial charge in [-0.1, -0.05) is 20.8 Å². The van der Waals surface area contributed by atoms with Crippen LogP contribution in [0.4, 0.5) is 4.79 Å². The number of carbonyl (C=O) groups excluding carboxylic acids is 1. The zero-order chi connectivity index (χ0) is 14.8. The second-order valence-corrected chi connectivity index (χ2v) is 4.77. The average Bonchev–Trinajstić information content (AvgIpc) is 2.32. The minimum atomic E-state index is -1.01. The van der Waals surface area contributed by atoms with Gasteiger partial charge in [0.2, 0.25) is 0 Å². The maximum Gasteiger partial charge on any atom is 0.323 e. The van der Waals surface area contributed by atoms with E-state index in [2.05, 4.69) is 5.32 Å². The lowest BCUT2D eigenvalue weighted by molar-refractivity contribution is -0.137. The molecule has 0 saturated carbocycles. The number of carboxylic acids is 1. The van der Waals surface area contributed by atoms with Crippen molar-refractivity contribution < 1.29 is 19.4 Å². The molecule has 2 amide bonds. The third-order valence-corrected chi connectivity index (χ3v) is 2.72. The molecule has 19 heavy (non-hydrogen) atoms. The van der Waals surface area contributed by atoms with E-state index in [0.29, 0.717) is 19.8 Å². The van der Waals surface area contributed by atoms with Gasteiger partial charge in [-0.05, 0) is 19.3 Å². The first kappa shape index (κ1) is 17.7. The Kier molecular flexibility index (Phi) is 8.95. The minimum absolute atomic E-state index is 0.111. The van der Waals surface area contributed by atoms with Crippen molar-refractivity contribution in [3.05, 3.63) is 0 Å². The number of carbonyl (C=O) groups is 2. The Morgan fingerprint density at radius 1 is 1.32 bits per heavy atom. The van der Waals surface area contributed by atoms with Crippen molar-refractivity contribution in [1.82, 2.24) is 10.2 Å². The topological polar surface area (TPSA) is 78.9 Å². The summed E-state index contributed by atoms with van der Waals surface area (Å²) in [4.78, 5) is 24.1. The summed E-state index contributed by atoms with van der Waals surface area (Å²) in [5, 5.41) is 11.6. The van der Waals surface area contributed by atoms with E-state index in [1.165, 1.54) is 4.90 Å². The fraction of sp³-hybridized carbons (Fsp3) is 0.846. The Balaban J connectivity index is 4.51. The molecule has 0 aromatic heterocycles. The van der Waals surface area contributed by atoms with Crippen LogP contribution >= 0.6 is 0 Å². The summed E-state index contributed by atoms with van der Waals surface area (Å²) in [7, 11) is 0. The molecule has 1 atom stereocenters. The Labute approximate surface area is 115 Å². The molecule has 0 bridgehead atoms. The average molecular weight is 274 g/mol. The normalized spacial score (nSPS) is 12.3. The van der Waals surface area contributed by atoms with Crippen LogP contribution < -0.4 is 5.32 Å². The fourth-order valence-electron chi connectivity index (χ4n) is 1.58. The molecule has 6 nitrogen and oxygen atoms in total. The van der Waals surface area contributed by atoms with Gasteiger partial charge in [0.05, 0.1) is 12.6 Å². The lowest BCUT2D eigenvalue weighted by atomic mass is 10.1. The highest BCUT2D eigenvalue weighted by Gasteiger charge is 2.21. The summed E-state index contributed by atoms with van der Waals surface area (Å²) >= 11 is 0. The number of hydrogen-bond acceptors (Lipinski definition) is 3. The molecule has 0 radical (unpaired) electrons. The summed E-state index contributed by atoms with van der Waals surface area (Å²) in [5.74, 6) is -0.779. The first-order valence-corrected chi connectivity index (χ1v) is 6.77. The molecule has 0 aliphatic carbocycles. The number of nitrogens with zero attached hydrogens (tertiary/aromatic N) is 1. The molecule has 0 aromatic rings. The van der Waals surface area contributed by atoms with Crippen molar-refractivity contribution in [2.45, 2.75) is 40.2 Å². The van der Waals surface area contributed by atoms with Crippen LogP contribution in [0, 0.1) is 5.92 Å². The lowest BCUT2D eigenvalue weighted by Gasteiger charge is -2.27. The SMILES string of the molecule is CCCN(CC(=O)O)C(=O)NC(COCC)C(C)C. The van der Waals surface area contributed by atoms with E-state index in [-0.39, 0.29) is 24.5 Å². The minimum Gasteiger partial charge on any atom is -0.480 e. The van der Waals surface area contributed by atoms with Gasteiger partial charge >= 0.3 is 12.0 Å². The van der Waals surface area contributed by atoms with Gasteiger partial charge in [0, 0.05) is 13.2 Å². The number of hydrogen-bond donors (Lipinski definition) is 2. The van der Waals surface area contributed by atoms with Gasteiger partial charge in [0.25, 0.3) is 0 Å². The number of carboxylic acid groups (broad SMARTS) is 1. The van der Waals surface area contributed by atoms with Crippen LogP contribution in [0.3, 0.4) is 0 Å². The summed E-state index contributed by atoms with van der Waals surface area (Å²) in [6.45, 7) is 8.96. The Bertz CT molecular complexity index is 282. The maximum atomic E-state index is 12.0. The predicted molar refractivity (Wildman–Crippen MR) is 73.2 cm³/mol. The number of urea groups is 1. The standard InChI is InChI=1S/C13H26N2O4/c1-5-7-15(8-12(16)17)13(18)14-11(10(3)4)9-19-6-2/h10-11H,5-9H2,1-4H3,(H,14,18)(H,16,17). The van der Waals surface area contributed by atoms with Crippen LogP contribution in [0.15, 0.2) is 0 Å². The zero-order valence-corrected chi connectivity index (χ0v) is 12.3. The zero-order valence-electron chi connectivity index (χ0n) is 12.3. The van der Waals surface area contributed by atoms with E-state index in [9.17, 15) is 9.59 Å². The molecule has 0 rings (SSSR count). The number of amides is 2. The monoisotopic (exact) mass is 274 g/mol. The van der Waals surface area contributed by atoms with Crippen molar-refractivity contribution in [2.24, 2.45) is 5.92 Å². The summed E-state index contributed by atoms with van der Waals surface area (Å²) in [6.07, 6.45) is 0.721. The molecule has 0 spiro atoms. The molecule has 6 heteroatoms. The van der Waals surface area contributed by atoms with Crippen LogP contribution in [0.2, 0.25) is 0 Å². The van der Waals surface area contributed by atoms with Crippen LogP contribution in [0.1, 0.15) is 34.1 Å². The van der Waals surface area contributed by atoms with Crippen LogP contribution in [-0.2, 0) is 9.53 Å². The number of nitrogens with one attached hydrogen (secondary N) is 1. The van der Waals surface area contributed by atoms with Crippen LogP contribution in [-0.4, -0.2) is 54.4 Å². The molecule has 1 unspecified atom stereocenters. The third-order valence-electron chi connectivity index (χ3n) is 2.72. The van der Waals surface area contributed by atoms with Crippen molar-refractivity contribution in [3.8, 4) is 0 Å². The predicted octanol–water partition coefficient (Wildman–Crippen LogP) is 1.55. The van der Waals surface area contributed by atoms with E-state index in [1.54, 1.807) is 0 Å². The second kappa shape index (κ2) is 9.61. The molecule has 112 valence electrons. The molecule has 0 aliphatic rings. The summed E-state index contributed by atoms with van der Waals surface area (Å²) < 4.78 is 5.33. The van der Waals surface area contributed by atoms with Crippen LogP contribution in [0.25, 0.3) is 0 Å². The quantitative estimate of drug-likeness (QED) is 0.668. The van der Waals surface area contributed by atoms with Gasteiger partial charge in [0.15, 0.2) is 0 Å². The van der Waals surface area contributed by atoms with Gasteiger partial charge < -0.3 is 20.1 Å². The second-order valence-electron chi connectivity index (χ2n) is 4.77. The molecular formula is C13H26N2O4. The fourth-order valence-corrected chi connectivity index (χ4v) is 1.58. The molecule has 0 heterocycles. The van der Waals surface area contributed by atoms with E-state index in [0.717, 1.165) is 6.42 Å². The Morgan fingerprint density at radius 2 is 1.95 bits per heavy atom. The smallest absolute Gasteiger partial charge is 0.323 e. The molecule has 0 aromatic carbocycles. The lowest BCUT2D eigenvalue weighted by Crippen LogP contribution is -2.50. The molecular weight excluding hydrogens is 248 g/mol. The van der Waals surface area contributed by atoms with E-state index < -0.39 is 5.97 Å². The summed E-state index contributed by atoms with van der Waals surface area (Å²) in [5.41, 5.74) is 0. The van der Waals surface area contributed by atoms with E-state index in [4.69, 9.17) is 9.84 Å². The van der Waals surface area contributed by atoms with Gasteiger partial charge in [-0.15, -0.1) is 0 Å². The van der Waals surface area contributed by atoms with Crippen molar-refractivity contribution >= 4 is 12.0 Å². The largest absolute Gasteiger partial charge is 0.480 e. The maximum absolute atomic E-state index is 12.0. The molecule has 0 fully saturated rings. The highest BCUT2D eigenvalue weighted by Crippen LogP contribution is 2.04. The first-order chi connectivity index (χ1) is 8.92. The Morgan fingerprint density at radius 3 is 2.37 bits per heavy atom.